The zero-order chi connectivity index (χ0) is 21.0. The molecule has 1 aliphatic rings. The molecule has 2 amide bonds. The monoisotopic (exact) mass is 401 g/mol. The van der Waals surface area contributed by atoms with E-state index in [1.807, 2.05) is 18.7 Å². The Bertz CT molecular complexity index is 852. The molecule has 3 rings (SSSR count). The summed E-state index contributed by atoms with van der Waals surface area (Å²) >= 11 is 0. The fourth-order valence-corrected chi connectivity index (χ4v) is 3.76. The Balaban J connectivity index is 1.59. The topological polar surface area (TPSA) is 80.1 Å². The average Bonchev–Trinajstić information content (AvgIpc) is 3.11. The number of carbonyl (C=O) groups is 2. The predicted molar refractivity (Wildman–Crippen MR) is 107 cm³/mol. The highest BCUT2D eigenvalue weighted by Gasteiger charge is 2.28. The number of hydrogen-bond acceptors (Lipinski definition) is 4. The Morgan fingerprint density at radius 3 is 2.38 bits per heavy atom. The van der Waals surface area contributed by atoms with E-state index in [0.29, 0.717) is 24.5 Å². The van der Waals surface area contributed by atoms with Gasteiger partial charge in [0.05, 0.1) is 11.4 Å². The number of carbonyl (C=O) groups excluding carboxylic acids is 2. The van der Waals surface area contributed by atoms with Crippen molar-refractivity contribution in [1.29, 1.82) is 0 Å². The first-order valence-corrected chi connectivity index (χ1v) is 10.2. The molecule has 2 aromatic rings. The lowest BCUT2D eigenvalue weighted by atomic mass is 9.98. The van der Waals surface area contributed by atoms with Gasteiger partial charge in [0.1, 0.15) is 5.82 Å². The highest BCUT2D eigenvalue weighted by Crippen LogP contribution is 2.18. The predicted octanol–water partition coefficient (Wildman–Crippen LogP) is 2.87. The van der Waals surface area contributed by atoms with Crippen LogP contribution in [-0.4, -0.2) is 50.8 Å². The molecular formula is C21H28FN5O2. The number of amides is 2. The summed E-state index contributed by atoms with van der Waals surface area (Å²) in [5, 5.41) is 11.1. The second kappa shape index (κ2) is 9.15. The molecule has 1 aliphatic heterocycles. The maximum atomic E-state index is 13.1. The van der Waals surface area contributed by atoms with Gasteiger partial charge in [0.2, 0.25) is 5.91 Å². The second-order valence-electron chi connectivity index (χ2n) is 7.50. The van der Waals surface area contributed by atoms with Gasteiger partial charge in [-0.15, -0.1) is 5.10 Å². The minimum absolute atomic E-state index is 0.00336. The first-order chi connectivity index (χ1) is 13.9. The summed E-state index contributed by atoms with van der Waals surface area (Å²) in [5.74, 6) is -0.303. The van der Waals surface area contributed by atoms with Gasteiger partial charge in [-0.25, -0.2) is 9.07 Å². The fourth-order valence-electron chi connectivity index (χ4n) is 3.76. The van der Waals surface area contributed by atoms with E-state index in [2.05, 4.69) is 15.6 Å². The maximum absolute atomic E-state index is 13.1. The van der Waals surface area contributed by atoms with Crippen LogP contribution >= 0.6 is 0 Å². The van der Waals surface area contributed by atoms with Gasteiger partial charge >= 0.3 is 0 Å². The minimum atomic E-state index is -0.335. The van der Waals surface area contributed by atoms with E-state index in [0.717, 1.165) is 25.7 Å². The molecule has 1 aromatic carbocycles. The number of likely N-dealkylation sites (tertiary alicyclic amines) is 1. The summed E-state index contributed by atoms with van der Waals surface area (Å²) in [4.78, 5) is 27.1. The Hall–Kier alpha value is -2.77. The standard InChI is InChI=1S/C21H28FN5O2/c1-4-15(5-2)21(29)26-12-10-17(11-13-26)23-20(28)19-14(3)27(25-24-19)18-8-6-16(22)7-9-18/h6-9,15,17H,4-5,10-13H2,1-3H3,(H,23,28). The zero-order valence-corrected chi connectivity index (χ0v) is 17.2. The van der Waals surface area contributed by atoms with Crippen LogP contribution in [0.5, 0.6) is 0 Å². The fraction of sp³-hybridized carbons (Fsp3) is 0.524. The van der Waals surface area contributed by atoms with Crippen molar-refractivity contribution in [3.8, 4) is 5.69 Å². The Kier molecular flexibility index (Phi) is 6.61. The van der Waals surface area contributed by atoms with Gasteiger partial charge in [0.15, 0.2) is 5.69 Å². The lowest BCUT2D eigenvalue weighted by Crippen LogP contribution is -2.48. The van der Waals surface area contributed by atoms with Crippen molar-refractivity contribution in [2.75, 3.05) is 13.1 Å². The van der Waals surface area contributed by atoms with Crippen LogP contribution in [0.2, 0.25) is 0 Å². The van der Waals surface area contributed by atoms with Crippen molar-refractivity contribution in [2.45, 2.75) is 52.5 Å². The van der Waals surface area contributed by atoms with Crippen molar-refractivity contribution in [3.05, 3.63) is 41.5 Å². The highest BCUT2D eigenvalue weighted by molar-refractivity contribution is 5.93. The number of benzene rings is 1. The molecule has 0 aliphatic carbocycles. The van der Waals surface area contributed by atoms with Crippen molar-refractivity contribution in [3.63, 3.8) is 0 Å². The van der Waals surface area contributed by atoms with E-state index in [9.17, 15) is 14.0 Å². The Labute approximate surface area is 170 Å². The molecule has 2 heterocycles. The molecule has 8 heteroatoms. The highest BCUT2D eigenvalue weighted by atomic mass is 19.1. The molecule has 0 spiro atoms. The summed E-state index contributed by atoms with van der Waals surface area (Å²) in [5.41, 5.74) is 1.49. The van der Waals surface area contributed by atoms with Crippen molar-refractivity contribution in [2.24, 2.45) is 5.92 Å². The van der Waals surface area contributed by atoms with Crippen LogP contribution in [-0.2, 0) is 4.79 Å². The number of nitrogens with zero attached hydrogens (tertiary/aromatic N) is 4. The van der Waals surface area contributed by atoms with Crippen LogP contribution in [0.3, 0.4) is 0 Å². The first-order valence-electron chi connectivity index (χ1n) is 10.2. The third kappa shape index (κ3) is 4.63. The van der Waals surface area contributed by atoms with Gasteiger partial charge in [-0.05, 0) is 56.9 Å². The van der Waals surface area contributed by atoms with Crippen molar-refractivity contribution in [1.82, 2.24) is 25.2 Å². The van der Waals surface area contributed by atoms with Crippen LogP contribution in [0.15, 0.2) is 24.3 Å². The number of halogens is 1. The van der Waals surface area contributed by atoms with Gasteiger partial charge in [0, 0.05) is 25.0 Å². The van der Waals surface area contributed by atoms with E-state index < -0.39 is 0 Å². The number of piperidine rings is 1. The molecule has 0 atom stereocenters. The summed E-state index contributed by atoms with van der Waals surface area (Å²) in [6.07, 6.45) is 3.16. The summed E-state index contributed by atoms with van der Waals surface area (Å²) in [7, 11) is 0. The summed E-state index contributed by atoms with van der Waals surface area (Å²) in [6.45, 7) is 7.15. The van der Waals surface area contributed by atoms with Gasteiger partial charge in [-0.1, -0.05) is 19.1 Å². The van der Waals surface area contributed by atoms with Crippen LogP contribution in [0, 0.1) is 18.7 Å². The van der Waals surface area contributed by atoms with Gasteiger partial charge < -0.3 is 10.2 Å². The van der Waals surface area contributed by atoms with E-state index in [1.54, 1.807) is 19.1 Å². The Morgan fingerprint density at radius 2 is 1.79 bits per heavy atom. The van der Waals surface area contributed by atoms with Gasteiger partial charge in [-0.2, -0.15) is 0 Å². The molecule has 156 valence electrons. The number of hydrogen-bond donors (Lipinski definition) is 1. The number of nitrogens with one attached hydrogen (secondary N) is 1. The van der Waals surface area contributed by atoms with Crippen LogP contribution in [0.1, 0.15) is 55.7 Å². The van der Waals surface area contributed by atoms with Crippen molar-refractivity contribution < 1.29 is 14.0 Å². The van der Waals surface area contributed by atoms with Crippen LogP contribution in [0.25, 0.3) is 5.69 Å². The van der Waals surface area contributed by atoms with E-state index >= 15 is 0 Å². The molecule has 0 radical (unpaired) electrons. The SMILES string of the molecule is CCC(CC)C(=O)N1CCC(NC(=O)c2nnn(-c3ccc(F)cc3)c2C)CC1. The molecule has 1 aromatic heterocycles. The number of rotatable bonds is 6. The minimum Gasteiger partial charge on any atom is -0.348 e. The second-order valence-corrected chi connectivity index (χ2v) is 7.50. The maximum Gasteiger partial charge on any atom is 0.273 e. The lowest BCUT2D eigenvalue weighted by molar-refractivity contribution is -0.136. The zero-order valence-electron chi connectivity index (χ0n) is 17.2. The Morgan fingerprint density at radius 1 is 1.17 bits per heavy atom. The van der Waals surface area contributed by atoms with Crippen molar-refractivity contribution >= 4 is 11.8 Å². The largest absolute Gasteiger partial charge is 0.348 e. The summed E-state index contributed by atoms with van der Waals surface area (Å²) in [6, 6.07) is 5.86. The molecule has 1 saturated heterocycles. The third-order valence-corrected chi connectivity index (χ3v) is 5.66. The first kappa shape index (κ1) is 21.0. The quantitative estimate of drug-likeness (QED) is 0.807. The van der Waals surface area contributed by atoms with Crippen LogP contribution in [0.4, 0.5) is 4.39 Å². The molecule has 0 bridgehead atoms. The molecular weight excluding hydrogens is 373 g/mol. The molecule has 29 heavy (non-hydrogen) atoms. The molecule has 7 nitrogen and oxygen atoms in total. The lowest BCUT2D eigenvalue weighted by Gasteiger charge is -2.34. The van der Waals surface area contributed by atoms with E-state index in [4.69, 9.17) is 0 Å². The normalized spacial score (nSPS) is 15.0. The third-order valence-electron chi connectivity index (χ3n) is 5.66. The van der Waals surface area contributed by atoms with Crippen LogP contribution < -0.4 is 5.32 Å². The van der Waals surface area contributed by atoms with Gasteiger partial charge in [-0.3, -0.25) is 9.59 Å². The summed E-state index contributed by atoms with van der Waals surface area (Å²) < 4.78 is 14.6. The van der Waals surface area contributed by atoms with Gasteiger partial charge in [0.25, 0.3) is 5.91 Å². The van der Waals surface area contributed by atoms with E-state index in [1.165, 1.54) is 16.8 Å². The smallest absolute Gasteiger partial charge is 0.273 e. The molecule has 1 fully saturated rings. The van der Waals surface area contributed by atoms with E-state index in [-0.39, 0.29) is 35.3 Å². The number of aromatic nitrogens is 3. The molecule has 0 unspecified atom stereocenters. The molecule has 0 saturated carbocycles. The molecule has 1 N–H and O–H groups in total. The average molecular weight is 401 g/mol.